The zero-order valence-electron chi connectivity index (χ0n) is 16.1. The van der Waals surface area contributed by atoms with E-state index in [4.69, 9.17) is 4.42 Å². The molecule has 29 heavy (non-hydrogen) atoms. The molecular weight excluding hydrogens is 374 g/mol. The average Bonchev–Trinajstić information content (AvgIpc) is 2.69. The molecule has 1 amide bonds. The summed E-state index contributed by atoms with van der Waals surface area (Å²) < 4.78 is 5.36. The molecule has 0 saturated heterocycles. The summed E-state index contributed by atoms with van der Waals surface area (Å²) in [5.41, 5.74) is 1.70. The third-order valence-corrected chi connectivity index (χ3v) is 4.96. The molecule has 3 N–H and O–H groups in total. The van der Waals surface area contributed by atoms with Gasteiger partial charge in [-0.1, -0.05) is 30.3 Å². The number of carbonyl (C=O) groups is 2. The van der Waals surface area contributed by atoms with E-state index in [2.05, 4.69) is 5.32 Å². The van der Waals surface area contributed by atoms with Crippen LogP contribution < -0.4 is 10.9 Å². The lowest BCUT2D eigenvalue weighted by Crippen LogP contribution is -2.34. The van der Waals surface area contributed by atoms with Crippen LogP contribution in [0.5, 0.6) is 5.75 Å². The molecule has 7 heteroatoms. The number of phenolic OH excluding ortho intramolecular Hbond substituents is 1. The van der Waals surface area contributed by atoms with Crippen LogP contribution in [0.15, 0.2) is 51.7 Å². The predicted molar refractivity (Wildman–Crippen MR) is 107 cm³/mol. The van der Waals surface area contributed by atoms with Gasteiger partial charge in [0.05, 0.1) is 0 Å². The second kappa shape index (κ2) is 8.18. The van der Waals surface area contributed by atoms with Crippen LogP contribution >= 0.6 is 0 Å². The van der Waals surface area contributed by atoms with Crippen LogP contribution in [0.4, 0.5) is 0 Å². The first kappa shape index (κ1) is 20.1. The standard InChI is InChI=1S/C22H21NO6/c1-12-15-8-10-17(24)13(2)20(15)29-22(28)16(12)9-11-18(25)23-19(21(26)27)14-6-4-3-5-7-14/h3-8,10,19,24H,9,11H2,1-2H3,(H,23,25)(H,26,27)/t19-/m1/s1. The number of hydrogen-bond acceptors (Lipinski definition) is 5. The van der Waals surface area contributed by atoms with Gasteiger partial charge >= 0.3 is 11.6 Å². The van der Waals surface area contributed by atoms with Crippen molar-refractivity contribution < 1.29 is 24.2 Å². The molecule has 0 aliphatic carbocycles. The number of carbonyl (C=O) groups excluding carboxylic acids is 1. The Bertz CT molecular complexity index is 1130. The van der Waals surface area contributed by atoms with Crippen molar-refractivity contribution in [2.24, 2.45) is 0 Å². The fraction of sp³-hybridized carbons (Fsp3) is 0.227. The summed E-state index contributed by atoms with van der Waals surface area (Å²) in [5, 5.41) is 22.4. The highest BCUT2D eigenvalue weighted by atomic mass is 16.4. The third kappa shape index (κ3) is 4.13. The molecule has 0 unspecified atom stereocenters. The number of rotatable bonds is 6. The lowest BCUT2D eigenvalue weighted by Gasteiger charge is -2.15. The number of amides is 1. The highest BCUT2D eigenvalue weighted by molar-refractivity contribution is 5.86. The number of fused-ring (bicyclic) bond motifs is 1. The smallest absolute Gasteiger partial charge is 0.339 e. The maximum Gasteiger partial charge on any atom is 0.339 e. The molecule has 0 aliphatic rings. The summed E-state index contributed by atoms with van der Waals surface area (Å²) in [5.74, 6) is -1.61. The Morgan fingerprint density at radius 2 is 1.76 bits per heavy atom. The quantitative estimate of drug-likeness (QED) is 0.553. The number of hydrogen-bond donors (Lipinski definition) is 3. The molecule has 1 atom stereocenters. The van der Waals surface area contributed by atoms with Crippen molar-refractivity contribution in [3.63, 3.8) is 0 Å². The van der Waals surface area contributed by atoms with Gasteiger partial charge in [-0.25, -0.2) is 9.59 Å². The molecule has 3 aromatic rings. The Morgan fingerprint density at radius 3 is 2.41 bits per heavy atom. The monoisotopic (exact) mass is 395 g/mol. The van der Waals surface area contributed by atoms with Crippen LogP contribution in [0.3, 0.4) is 0 Å². The number of nitrogens with one attached hydrogen (secondary N) is 1. The van der Waals surface area contributed by atoms with Gasteiger partial charge in [-0.3, -0.25) is 4.79 Å². The molecular formula is C22H21NO6. The van der Waals surface area contributed by atoms with E-state index in [0.717, 1.165) is 0 Å². The van der Waals surface area contributed by atoms with Crippen LogP contribution in [0, 0.1) is 13.8 Å². The van der Waals surface area contributed by atoms with E-state index in [9.17, 15) is 24.6 Å². The number of benzene rings is 2. The molecule has 1 aromatic heterocycles. The number of aliphatic carboxylic acids is 1. The second-order valence-corrected chi connectivity index (χ2v) is 6.83. The highest BCUT2D eigenvalue weighted by Crippen LogP contribution is 2.28. The first-order valence-corrected chi connectivity index (χ1v) is 9.11. The SMILES string of the molecule is Cc1c(CCC(=O)N[C@@H](C(=O)O)c2ccccc2)c(=O)oc2c(C)c(O)ccc12. The predicted octanol–water partition coefficient (Wildman–Crippen LogP) is 2.99. The van der Waals surface area contributed by atoms with E-state index < -0.39 is 23.5 Å². The minimum absolute atomic E-state index is 0.0350. The summed E-state index contributed by atoms with van der Waals surface area (Å²) in [4.78, 5) is 36.3. The Labute approximate surface area is 166 Å². The van der Waals surface area contributed by atoms with Gasteiger partial charge < -0.3 is 19.9 Å². The molecule has 7 nitrogen and oxygen atoms in total. The van der Waals surface area contributed by atoms with Gasteiger partial charge in [-0.2, -0.15) is 0 Å². The van der Waals surface area contributed by atoms with Crippen molar-refractivity contribution in [3.8, 4) is 5.75 Å². The third-order valence-electron chi connectivity index (χ3n) is 4.96. The fourth-order valence-electron chi connectivity index (χ4n) is 3.27. The maximum absolute atomic E-state index is 12.4. The highest BCUT2D eigenvalue weighted by Gasteiger charge is 2.22. The largest absolute Gasteiger partial charge is 0.508 e. The van der Waals surface area contributed by atoms with Gasteiger partial charge in [-0.15, -0.1) is 0 Å². The molecule has 3 rings (SSSR count). The van der Waals surface area contributed by atoms with Crippen LogP contribution in [0.2, 0.25) is 0 Å². The lowest BCUT2D eigenvalue weighted by atomic mass is 10.00. The van der Waals surface area contributed by atoms with E-state index >= 15 is 0 Å². The molecule has 2 aromatic carbocycles. The molecule has 0 fully saturated rings. The maximum atomic E-state index is 12.4. The number of carboxylic acids is 1. The summed E-state index contributed by atoms with van der Waals surface area (Å²) >= 11 is 0. The Balaban J connectivity index is 1.80. The summed E-state index contributed by atoms with van der Waals surface area (Å²) in [6.45, 7) is 3.41. The molecule has 0 bridgehead atoms. The number of phenols is 1. The second-order valence-electron chi connectivity index (χ2n) is 6.83. The van der Waals surface area contributed by atoms with Crippen LogP contribution in [-0.4, -0.2) is 22.1 Å². The Hall–Kier alpha value is -3.61. The summed E-state index contributed by atoms with van der Waals surface area (Å²) in [7, 11) is 0. The Kier molecular flexibility index (Phi) is 5.68. The van der Waals surface area contributed by atoms with Crippen LogP contribution in [0.1, 0.15) is 34.7 Å². The fourth-order valence-corrected chi connectivity index (χ4v) is 3.27. The van der Waals surface area contributed by atoms with Crippen molar-refractivity contribution >= 4 is 22.8 Å². The van der Waals surface area contributed by atoms with Gasteiger partial charge in [0.1, 0.15) is 11.3 Å². The molecule has 0 spiro atoms. The van der Waals surface area contributed by atoms with Gasteiger partial charge in [0.2, 0.25) is 5.91 Å². The summed E-state index contributed by atoms with van der Waals surface area (Å²) in [6.07, 6.45) is 0.0434. The van der Waals surface area contributed by atoms with E-state index in [-0.39, 0.29) is 18.6 Å². The number of aryl methyl sites for hydroxylation is 2. The molecule has 0 radical (unpaired) electrons. The van der Waals surface area contributed by atoms with E-state index in [0.29, 0.717) is 33.2 Å². The topological polar surface area (TPSA) is 117 Å². The van der Waals surface area contributed by atoms with Gasteiger partial charge in [0.15, 0.2) is 6.04 Å². The van der Waals surface area contributed by atoms with Crippen molar-refractivity contribution in [2.45, 2.75) is 32.7 Å². The minimum atomic E-state index is -1.17. The number of carboxylic acid groups (broad SMARTS) is 1. The van der Waals surface area contributed by atoms with E-state index in [1.54, 1.807) is 50.2 Å². The van der Waals surface area contributed by atoms with Crippen molar-refractivity contribution in [1.29, 1.82) is 0 Å². The normalized spacial score (nSPS) is 11.9. The van der Waals surface area contributed by atoms with Gasteiger partial charge in [0, 0.05) is 22.9 Å². The van der Waals surface area contributed by atoms with Crippen molar-refractivity contribution in [1.82, 2.24) is 5.32 Å². The summed E-state index contributed by atoms with van der Waals surface area (Å²) in [6, 6.07) is 10.4. The molecule has 1 heterocycles. The lowest BCUT2D eigenvalue weighted by molar-refractivity contribution is -0.142. The zero-order valence-corrected chi connectivity index (χ0v) is 16.1. The minimum Gasteiger partial charge on any atom is -0.508 e. The van der Waals surface area contributed by atoms with Crippen molar-refractivity contribution in [3.05, 3.63) is 75.1 Å². The van der Waals surface area contributed by atoms with Gasteiger partial charge in [-0.05, 0) is 43.5 Å². The van der Waals surface area contributed by atoms with E-state index in [1.807, 2.05) is 0 Å². The van der Waals surface area contributed by atoms with Crippen LogP contribution in [0.25, 0.3) is 11.0 Å². The number of aromatic hydroxyl groups is 1. The van der Waals surface area contributed by atoms with Crippen molar-refractivity contribution in [2.75, 3.05) is 0 Å². The Morgan fingerprint density at radius 1 is 1.07 bits per heavy atom. The average molecular weight is 395 g/mol. The van der Waals surface area contributed by atoms with Crippen LogP contribution in [-0.2, 0) is 16.0 Å². The molecule has 0 aliphatic heterocycles. The van der Waals surface area contributed by atoms with Gasteiger partial charge in [0.25, 0.3) is 0 Å². The molecule has 150 valence electrons. The first-order chi connectivity index (χ1) is 13.8. The van der Waals surface area contributed by atoms with E-state index in [1.165, 1.54) is 6.07 Å². The molecule has 0 saturated carbocycles. The zero-order chi connectivity index (χ0) is 21.1. The first-order valence-electron chi connectivity index (χ1n) is 9.11.